The number of anilines is 1. The highest BCUT2D eigenvalue weighted by molar-refractivity contribution is 9.10. The first kappa shape index (κ1) is 22.8. The van der Waals surface area contributed by atoms with Crippen LogP contribution in [0.25, 0.3) is 0 Å². The molecule has 0 amide bonds. The number of benzene rings is 1. The van der Waals surface area contributed by atoms with Crippen LogP contribution in [0.15, 0.2) is 67.0 Å². The highest BCUT2D eigenvalue weighted by atomic mass is 79.9. The van der Waals surface area contributed by atoms with E-state index in [4.69, 9.17) is 10.2 Å². The Bertz CT molecular complexity index is 1200. The van der Waals surface area contributed by atoms with E-state index in [0.717, 1.165) is 38.0 Å². The quantitative estimate of drug-likeness (QED) is 0.477. The largest absolute Gasteiger partial charge is 0.455 e. The van der Waals surface area contributed by atoms with Crippen molar-refractivity contribution < 1.29 is 9.21 Å². The number of aryl methyl sites for hydroxylation is 1. The Hall–Kier alpha value is -2.43. The first-order valence-electron chi connectivity index (χ1n) is 10.6. The third-order valence-corrected chi connectivity index (χ3v) is 7.25. The second kappa shape index (κ2) is 8.49. The Kier molecular flexibility index (Phi) is 6.04. The summed E-state index contributed by atoms with van der Waals surface area (Å²) in [4.78, 5) is 15.5. The Morgan fingerprint density at radius 2 is 2.09 bits per heavy atom. The Balaban J connectivity index is 2.01. The summed E-state index contributed by atoms with van der Waals surface area (Å²) in [6.07, 6.45) is 1.12. The number of carbonyl (C=O) groups excluding carboxylic acids is 1. The number of allylic oxidation sites excluding steroid dienone is 3. The predicted octanol–water partition coefficient (Wildman–Crippen LogP) is 6.40. The number of furan rings is 1. The van der Waals surface area contributed by atoms with E-state index in [-0.39, 0.29) is 11.2 Å². The van der Waals surface area contributed by atoms with Crippen molar-refractivity contribution in [1.82, 2.24) is 0 Å². The molecule has 32 heavy (non-hydrogen) atoms. The molecular formula is C25H26BrN3O2S. The lowest BCUT2D eigenvalue weighted by molar-refractivity contribution is -0.118. The maximum atomic E-state index is 13.6. The number of ketones is 1. The van der Waals surface area contributed by atoms with E-state index in [1.807, 2.05) is 42.2 Å². The van der Waals surface area contributed by atoms with Crippen LogP contribution in [-0.4, -0.2) is 11.5 Å². The Labute approximate surface area is 201 Å². The number of nitriles is 1. The van der Waals surface area contributed by atoms with E-state index in [2.05, 4.69) is 42.8 Å². The zero-order valence-corrected chi connectivity index (χ0v) is 21.1. The molecule has 1 atom stereocenters. The zero-order chi connectivity index (χ0) is 23.2. The van der Waals surface area contributed by atoms with Gasteiger partial charge in [0.05, 0.1) is 17.6 Å². The molecule has 0 saturated carbocycles. The number of hydrogen-bond donors (Lipinski definition) is 1. The molecule has 1 aliphatic heterocycles. The second-order valence-corrected chi connectivity index (χ2v) is 11.1. The fourth-order valence-electron chi connectivity index (χ4n) is 4.69. The van der Waals surface area contributed by atoms with Gasteiger partial charge in [-0.15, -0.1) is 0 Å². The summed E-state index contributed by atoms with van der Waals surface area (Å²) in [5.41, 5.74) is 10.1. The van der Waals surface area contributed by atoms with Gasteiger partial charge < -0.3 is 10.2 Å². The van der Waals surface area contributed by atoms with Gasteiger partial charge >= 0.3 is 0 Å². The van der Waals surface area contributed by atoms with Crippen LogP contribution in [0.2, 0.25) is 0 Å². The number of rotatable bonds is 4. The Morgan fingerprint density at radius 1 is 1.34 bits per heavy atom. The van der Waals surface area contributed by atoms with Crippen LogP contribution >= 0.6 is 27.7 Å². The van der Waals surface area contributed by atoms with Crippen molar-refractivity contribution in [3.8, 4) is 6.07 Å². The lowest BCUT2D eigenvalue weighted by Gasteiger charge is -2.43. The van der Waals surface area contributed by atoms with E-state index in [1.54, 1.807) is 11.8 Å². The molecule has 7 heteroatoms. The van der Waals surface area contributed by atoms with Crippen molar-refractivity contribution in [2.45, 2.75) is 51.5 Å². The number of carbonyl (C=O) groups is 1. The van der Waals surface area contributed by atoms with Crippen molar-refractivity contribution in [3.05, 3.63) is 68.8 Å². The van der Waals surface area contributed by atoms with Gasteiger partial charge in [-0.25, -0.2) is 0 Å². The first-order chi connectivity index (χ1) is 15.2. The van der Waals surface area contributed by atoms with Gasteiger partial charge in [0.1, 0.15) is 11.6 Å². The number of Topliss-reactive ketones (excluding diaryl/α,β-unsaturated/α-hetero) is 1. The minimum absolute atomic E-state index is 0.0628. The minimum atomic E-state index is -0.520. The molecule has 0 fully saturated rings. The maximum Gasteiger partial charge on any atom is 0.164 e. The lowest BCUT2D eigenvalue weighted by atomic mass is 9.69. The number of nitrogens with zero attached hydrogens (tertiary/aromatic N) is 2. The molecule has 0 radical (unpaired) electrons. The fourth-order valence-corrected chi connectivity index (χ4v) is 5.87. The van der Waals surface area contributed by atoms with Gasteiger partial charge in [0.2, 0.25) is 0 Å². The molecule has 1 aromatic heterocycles. The monoisotopic (exact) mass is 511 g/mol. The third kappa shape index (κ3) is 3.91. The number of halogens is 1. The highest BCUT2D eigenvalue weighted by Crippen LogP contribution is 2.52. The van der Waals surface area contributed by atoms with Gasteiger partial charge in [0, 0.05) is 33.4 Å². The number of nitrogens with two attached hydrogens (primary N) is 1. The number of thioether (sulfide) groups is 1. The summed E-state index contributed by atoms with van der Waals surface area (Å²) in [5, 5.41) is 11.0. The second-order valence-electron chi connectivity index (χ2n) is 8.99. The molecular weight excluding hydrogens is 486 g/mol. The first-order valence-corrected chi connectivity index (χ1v) is 12.4. The third-order valence-electron chi connectivity index (χ3n) is 5.88. The highest BCUT2D eigenvalue weighted by Gasteiger charge is 2.45. The summed E-state index contributed by atoms with van der Waals surface area (Å²) in [7, 11) is 0. The topological polar surface area (TPSA) is 83.3 Å². The average molecular weight is 512 g/mol. The lowest BCUT2D eigenvalue weighted by Crippen LogP contribution is -2.42. The van der Waals surface area contributed by atoms with Crippen LogP contribution in [0.4, 0.5) is 5.69 Å². The van der Waals surface area contributed by atoms with Crippen molar-refractivity contribution in [2.75, 3.05) is 10.7 Å². The molecule has 2 heterocycles. The molecule has 0 spiro atoms. The van der Waals surface area contributed by atoms with Gasteiger partial charge in [0.15, 0.2) is 10.9 Å². The summed E-state index contributed by atoms with van der Waals surface area (Å²) >= 11 is 5.11. The minimum Gasteiger partial charge on any atom is -0.455 e. The normalized spacial score (nSPS) is 20.4. The maximum absolute atomic E-state index is 13.6. The smallest absolute Gasteiger partial charge is 0.164 e. The standard InChI is InChI=1S/C25H26BrN3O2S/c1-5-32-24-17(9-14(2)31-24)21-18(13-27)23(28)29(16-8-6-7-15(26)10-16)19-11-25(3,4)12-20(30)22(19)21/h6-10,21H,5,11-12,28H2,1-4H3. The SMILES string of the molecule is CCSc1oc(C)cc1C1C(C#N)=C(N)N(c2cccc(Br)c2)C2=C1C(=O)CC(C)(C)C2. The molecule has 5 nitrogen and oxygen atoms in total. The van der Waals surface area contributed by atoms with Crippen molar-refractivity contribution in [1.29, 1.82) is 5.26 Å². The van der Waals surface area contributed by atoms with E-state index in [9.17, 15) is 10.1 Å². The van der Waals surface area contributed by atoms with E-state index in [0.29, 0.717) is 29.8 Å². The summed E-state index contributed by atoms with van der Waals surface area (Å²) in [5.74, 6) is 1.49. The average Bonchev–Trinajstić information content (AvgIpc) is 3.06. The van der Waals surface area contributed by atoms with Crippen LogP contribution in [0, 0.1) is 23.7 Å². The molecule has 166 valence electrons. The van der Waals surface area contributed by atoms with Crippen LogP contribution in [0.1, 0.15) is 50.9 Å². The predicted molar refractivity (Wildman–Crippen MR) is 131 cm³/mol. The van der Waals surface area contributed by atoms with Crippen LogP contribution in [-0.2, 0) is 4.79 Å². The fraction of sp³-hybridized carbons (Fsp3) is 0.360. The summed E-state index contributed by atoms with van der Waals surface area (Å²) < 4.78 is 6.86. The van der Waals surface area contributed by atoms with Gasteiger partial charge in [-0.05, 0) is 48.8 Å². The molecule has 0 bridgehead atoms. The van der Waals surface area contributed by atoms with Gasteiger partial charge in [-0.3, -0.25) is 9.69 Å². The molecule has 2 aliphatic rings. The van der Waals surface area contributed by atoms with E-state index >= 15 is 0 Å². The molecule has 2 N–H and O–H groups in total. The van der Waals surface area contributed by atoms with Crippen molar-refractivity contribution in [3.63, 3.8) is 0 Å². The van der Waals surface area contributed by atoms with E-state index in [1.165, 1.54) is 0 Å². The summed E-state index contributed by atoms with van der Waals surface area (Å²) in [6.45, 7) is 8.14. The van der Waals surface area contributed by atoms with Gasteiger partial charge in [-0.2, -0.15) is 5.26 Å². The number of hydrogen-bond acceptors (Lipinski definition) is 6. The molecule has 1 unspecified atom stereocenters. The van der Waals surface area contributed by atoms with Gasteiger partial charge in [0.25, 0.3) is 0 Å². The van der Waals surface area contributed by atoms with Crippen molar-refractivity contribution >= 4 is 39.2 Å². The Morgan fingerprint density at radius 3 is 2.75 bits per heavy atom. The molecule has 0 saturated heterocycles. The van der Waals surface area contributed by atoms with Crippen LogP contribution in [0.5, 0.6) is 0 Å². The molecule has 1 aromatic carbocycles. The van der Waals surface area contributed by atoms with Gasteiger partial charge in [-0.1, -0.05) is 54.5 Å². The molecule has 2 aromatic rings. The van der Waals surface area contributed by atoms with Crippen LogP contribution < -0.4 is 10.6 Å². The van der Waals surface area contributed by atoms with Crippen molar-refractivity contribution in [2.24, 2.45) is 11.1 Å². The van der Waals surface area contributed by atoms with E-state index < -0.39 is 5.92 Å². The molecule has 4 rings (SSSR count). The molecule has 1 aliphatic carbocycles. The van der Waals surface area contributed by atoms with Crippen LogP contribution in [0.3, 0.4) is 0 Å². The summed E-state index contributed by atoms with van der Waals surface area (Å²) in [6, 6.07) is 12.1. The zero-order valence-electron chi connectivity index (χ0n) is 18.7.